The van der Waals surface area contributed by atoms with E-state index in [9.17, 15) is 0 Å². The van der Waals surface area contributed by atoms with Crippen LogP contribution in [0.3, 0.4) is 0 Å². The number of aryl methyl sites for hydroxylation is 3. The Bertz CT molecular complexity index is 728. The molecule has 0 saturated heterocycles. The van der Waals surface area contributed by atoms with E-state index in [-0.39, 0.29) is 5.41 Å². The van der Waals surface area contributed by atoms with Crippen molar-refractivity contribution in [2.75, 3.05) is 0 Å². The third-order valence-corrected chi connectivity index (χ3v) is 4.91. The van der Waals surface area contributed by atoms with Crippen LogP contribution in [-0.2, 0) is 12.5 Å². The second kappa shape index (κ2) is 6.01. The maximum absolute atomic E-state index is 7.98. The fraction of sp³-hybridized carbons (Fsp3) is 0.450. The van der Waals surface area contributed by atoms with E-state index in [0.717, 1.165) is 29.7 Å². The van der Waals surface area contributed by atoms with Crippen molar-refractivity contribution < 1.29 is 8.68 Å². The molecule has 112 valence electrons. The molecule has 0 amide bonds. The van der Waals surface area contributed by atoms with Crippen LogP contribution in [0.4, 0.5) is 0 Å². The molecule has 0 aliphatic rings. The molecule has 0 unspecified atom stereocenters. The molecule has 0 fully saturated rings. The van der Waals surface area contributed by atoms with E-state index in [0.29, 0.717) is 5.56 Å². The largest absolute Gasteiger partial charge is 0.212 e. The molecule has 0 spiro atoms. The van der Waals surface area contributed by atoms with Gasteiger partial charge < -0.3 is 0 Å². The summed E-state index contributed by atoms with van der Waals surface area (Å²) in [4.78, 5) is 0. The van der Waals surface area contributed by atoms with Crippen molar-refractivity contribution in [2.24, 2.45) is 7.05 Å². The van der Waals surface area contributed by atoms with E-state index >= 15 is 0 Å². The van der Waals surface area contributed by atoms with Gasteiger partial charge in [0.2, 0.25) is 5.69 Å². The van der Waals surface area contributed by atoms with Crippen LogP contribution in [0.1, 0.15) is 54.4 Å². The second-order valence-electron chi connectivity index (χ2n) is 6.18. The molecule has 1 aromatic carbocycles. The highest BCUT2D eigenvalue weighted by Crippen LogP contribution is 2.34. The van der Waals surface area contributed by atoms with Crippen LogP contribution in [0.2, 0.25) is 0 Å². The predicted octanol–water partition coefficient (Wildman–Crippen LogP) is 4.87. The Kier molecular flexibility index (Phi) is 3.42. The summed E-state index contributed by atoms with van der Waals surface area (Å²) in [6.07, 6.45) is 3.62. The first kappa shape index (κ1) is 12.0. The van der Waals surface area contributed by atoms with Gasteiger partial charge in [-0.3, -0.25) is 0 Å². The van der Waals surface area contributed by atoms with E-state index in [4.69, 9.17) is 4.11 Å². The van der Waals surface area contributed by atoms with Crippen LogP contribution < -0.4 is 4.57 Å². The first-order chi connectivity index (χ1) is 11.1. The summed E-state index contributed by atoms with van der Waals surface area (Å²) < 4.78 is 25.9. The second-order valence-corrected chi connectivity index (χ2v) is 6.18. The first-order valence-corrected chi connectivity index (χ1v) is 7.74. The van der Waals surface area contributed by atoms with Crippen molar-refractivity contribution in [3.63, 3.8) is 0 Å². The number of pyridine rings is 1. The van der Waals surface area contributed by atoms with Crippen molar-refractivity contribution in [3.05, 3.63) is 53.2 Å². The van der Waals surface area contributed by atoms with Gasteiger partial charge >= 0.3 is 0 Å². The third-order valence-electron chi connectivity index (χ3n) is 4.91. The van der Waals surface area contributed by atoms with Crippen molar-refractivity contribution in [2.45, 2.75) is 52.8 Å². The number of rotatable bonds is 4. The highest BCUT2D eigenvalue weighted by Gasteiger charge is 2.27. The quantitative estimate of drug-likeness (QED) is 0.705. The molecule has 2 rings (SSSR count). The van der Waals surface area contributed by atoms with Crippen LogP contribution in [0.5, 0.6) is 0 Å². The van der Waals surface area contributed by atoms with Crippen LogP contribution in [0.15, 0.2) is 36.5 Å². The Morgan fingerprint density at radius 1 is 1.14 bits per heavy atom. The Balaban J connectivity index is 2.81. The van der Waals surface area contributed by atoms with Gasteiger partial charge in [-0.25, -0.2) is 4.57 Å². The summed E-state index contributed by atoms with van der Waals surface area (Å²) >= 11 is 0. The lowest BCUT2D eigenvalue weighted by Gasteiger charge is -2.28. The van der Waals surface area contributed by atoms with Crippen molar-refractivity contribution in [1.82, 2.24) is 0 Å². The molecular weight excluding hydrogens is 254 g/mol. The number of hydrogen-bond acceptors (Lipinski definition) is 0. The lowest BCUT2D eigenvalue weighted by atomic mass is 9.76. The van der Waals surface area contributed by atoms with E-state index in [1.807, 2.05) is 23.7 Å². The van der Waals surface area contributed by atoms with Crippen molar-refractivity contribution in [3.8, 4) is 11.3 Å². The summed E-state index contributed by atoms with van der Waals surface area (Å²) in [5, 5.41) is 0. The molecule has 21 heavy (non-hydrogen) atoms. The summed E-state index contributed by atoms with van der Waals surface area (Å²) in [5.74, 6) is 0. The molecule has 0 bridgehead atoms. The highest BCUT2D eigenvalue weighted by atomic mass is 14.9. The van der Waals surface area contributed by atoms with Gasteiger partial charge in [-0.05, 0) is 49.2 Å². The molecule has 1 heterocycles. The lowest BCUT2D eigenvalue weighted by molar-refractivity contribution is -0.660. The number of aromatic nitrogens is 1. The zero-order valence-corrected chi connectivity index (χ0v) is 13.8. The van der Waals surface area contributed by atoms with E-state index < -0.39 is 6.85 Å². The number of nitrogens with zero attached hydrogens (tertiary/aromatic N) is 1. The Labute approximate surface area is 133 Å². The molecule has 0 aliphatic carbocycles. The van der Waals surface area contributed by atoms with E-state index in [1.165, 1.54) is 5.56 Å². The van der Waals surface area contributed by atoms with Gasteiger partial charge in [0.15, 0.2) is 6.20 Å². The lowest BCUT2D eigenvalue weighted by Crippen LogP contribution is -2.34. The smallest absolute Gasteiger partial charge is 0.201 e. The van der Waals surface area contributed by atoms with E-state index in [1.54, 1.807) is 6.20 Å². The van der Waals surface area contributed by atoms with Crippen LogP contribution in [0, 0.1) is 13.8 Å². The van der Waals surface area contributed by atoms with Gasteiger partial charge in [0, 0.05) is 21.3 Å². The van der Waals surface area contributed by atoms with Gasteiger partial charge in [0.25, 0.3) is 0 Å². The summed E-state index contributed by atoms with van der Waals surface area (Å²) in [5.41, 5.74) is 4.67. The van der Waals surface area contributed by atoms with Gasteiger partial charge in [-0.15, -0.1) is 0 Å². The Morgan fingerprint density at radius 3 is 2.38 bits per heavy atom. The molecule has 2 aromatic rings. The average molecular weight is 285 g/mol. The highest BCUT2D eigenvalue weighted by molar-refractivity contribution is 5.62. The van der Waals surface area contributed by atoms with Gasteiger partial charge in [-0.1, -0.05) is 39.0 Å². The van der Waals surface area contributed by atoms with Crippen LogP contribution >= 0.6 is 0 Å². The van der Waals surface area contributed by atoms with Crippen LogP contribution in [0.25, 0.3) is 11.3 Å². The minimum absolute atomic E-state index is 0.143. The fourth-order valence-corrected chi connectivity index (χ4v) is 2.91. The van der Waals surface area contributed by atoms with Gasteiger partial charge in [-0.2, -0.15) is 0 Å². The maximum atomic E-state index is 7.98. The van der Waals surface area contributed by atoms with Gasteiger partial charge in [0.05, 0.1) is 0 Å². The van der Waals surface area contributed by atoms with Crippen LogP contribution in [-0.4, -0.2) is 0 Å². The molecule has 0 atom stereocenters. The molecular formula is C20H28N+. The Morgan fingerprint density at radius 2 is 1.81 bits per heavy atom. The minimum atomic E-state index is -2.11. The SMILES string of the molecule is [2H]C([2H])([2H])c1c[n+](C)c(-c2ccccc2C)cc1C(C)(CC)CC. The summed E-state index contributed by atoms with van der Waals surface area (Å²) in [6.45, 7) is 6.41. The molecule has 1 aromatic heterocycles. The zero-order chi connectivity index (χ0) is 18.1. The van der Waals surface area contributed by atoms with E-state index in [2.05, 4.69) is 45.9 Å². The normalized spacial score (nSPS) is 14.4. The molecule has 0 saturated carbocycles. The topological polar surface area (TPSA) is 3.88 Å². The monoisotopic (exact) mass is 285 g/mol. The van der Waals surface area contributed by atoms with Crippen molar-refractivity contribution >= 4 is 0 Å². The predicted molar refractivity (Wildman–Crippen MR) is 90.5 cm³/mol. The third kappa shape index (κ3) is 2.88. The molecule has 1 nitrogen and oxygen atoms in total. The Hall–Kier alpha value is -1.63. The minimum Gasteiger partial charge on any atom is -0.201 e. The molecule has 0 N–H and O–H groups in total. The molecule has 0 radical (unpaired) electrons. The zero-order valence-electron chi connectivity index (χ0n) is 16.8. The average Bonchev–Trinajstić information content (AvgIpc) is 2.54. The molecule has 1 heteroatoms. The summed E-state index contributed by atoms with van der Waals surface area (Å²) in [7, 11) is 1.93. The number of benzene rings is 1. The first-order valence-electron chi connectivity index (χ1n) is 9.24. The van der Waals surface area contributed by atoms with Gasteiger partial charge in [0.1, 0.15) is 7.05 Å². The number of hydrogen-bond donors (Lipinski definition) is 0. The maximum Gasteiger partial charge on any atom is 0.212 e. The fourth-order valence-electron chi connectivity index (χ4n) is 2.91. The molecule has 0 aliphatic heterocycles. The van der Waals surface area contributed by atoms with Crippen molar-refractivity contribution in [1.29, 1.82) is 0 Å². The standard InChI is InChI=1S/C20H28N/c1-7-20(5,8-2)18-13-19(21(6)14-16(18)4)17-12-10-9-11-15(17)3/h9-14H,7-8H2,1-6H3/q+1/i4D3. The summed E-state index contributed by atoms with van der Waals surface area (Å²) in [6, 6.07) is 10.3.